The Balaban J connectivity index is 1.80. The normalized spacial score (nSPS) is 29.2. The number of hydrogen-bond donors (Lipinski definition) is 0. The molecule has 0 bridgehead atoms. The zero-order valence-electron chi connectivity index (χ0n) is 11.2. The van der Waals surface area contributed by atoms with Crippen molar-refractivity contribution >= 4 is 5.95 Å². The van der Waals surface area contributed by atoms with E-state index in [4.69, 9.17) is 9.47 Å². The van der Waals surface area contributed by atoms with E-state index in [2.05, 4.69) is 21.4 Å². The summed E-state index contributed by atoms with van der Waals surface area (Å²) in [7, 11) is 0. The van der Waals surface area contributed by atoms with E-state index in [9.17, 15) is 4.39 Å². The van der Waals surface area contributed by atoms with Gasteiger partial charge >= 0.3 is 0 Å². The Morgan fingerprint density at radius 1 is 1.50 bits per heavy atom. The summed E-state index contributed by atoms with van der Waals surface area (Å²) in [5.74, 6) is 0.112. The minimum Gasteiger partial charge on any atom is -0.373 e. The highest BCUT2D eigenvalue weighted by Crippen LogP contribution is 2.32. The minimum absolute atomic E-state index is 0.0213. The summed E-state index contributed by atoms with van der Waals surface area (Å²) in [5, 5.41) is 0. The summed E-state index contributed by atoms with van der Waals surface area (Å²) in [6.45, 7) is 5.58. The minimum atomic E-state index is -0.427. The predicted octanol–water partition coefficient (Wildman–Crippen LogP) is 1.55. The van der Waals surface area contributed by atoms with E-state index < -0.39 is 5.82 Å². The maximum atomic E-state index is 12.9. The van der Waals surface area contributed by atoms with Crippen LogP contribution in [0.2, 0.25) is 0 Å². The molecule has 0 N–H and O–H groups in total. The fourth-order valence-electron chi connectivity index (χ4n) is 2.93. The number of hydrogen-bond acceptors (Lipinski definition) is 5. The second-order valence-corrected chi connectivity index (χ2v) is 5.06. The van der Waals surface area contributed by atoms with Crippen molar-refractivity contribution in [2.75, 3.05) is 24.7 Å². The molecule has 20 heavy (non-hydrogen) atoms. The van der Waals surface area contributed by atoms with Crippen LogP contribution >= 0.6 is 0 Å². The number of aromatic nitrogens is 2. The van der Waals surface area contributed by atoms with Crippen LogP contribution < -0.4 is 4.90 Å². The van der Waals surface area contributed by atoms with Crippen LogP contribution in [0.1, 0.15) is 12.8 Å². The lowest BCUT2D eigenvalue weighted by Gasteiger charge is -2.32. The van der Waals surface area contributed by atoms with Gasteiger partial charge in [-0.3, -0.25) is 0 Å². The zero-order chi connectivity index (χ0) is 13.9. The lowest BCUT2D eigenvalue weighted by atomic mass is 10.0. The van der Waals surface area contributed by atoms with Gasteiger partial charge in [0.2, 0.25) is 5.95 Å². The van der Waals surface area contributed by atoms with Crippen LogP contribution in [-0.2, 0) is 9.47 Å². The zero-order valence-corrected chi connectivity index (χ0v) is 11.2. The van der Waals surface area contributed by atoms with E-state index in [0.717, 1.165) is 19.4 Å². The second kappa shape index (κ2) is 5.85. The van der Waals surface area contributed by atoms with Crippen LogP contribution in [0.4, 0.5) is 10.3 Å². The Morgan fingerprint density at radius 3 is 3.05 bits per heavy atom. The van der Waals surface area contributed by atoms with Crippen molar-refractivity contribution in [3.8, 4) is 0 Å². The standard InChI is InChI=1S/C14H18FN3O2/c1-2-5-19-12-9-18(11-4-3-6-20-13(11)12)14-16-7-10(15)8-17-14/h2,7-8,11-13H,1,3-6,9H2/t11-,12-,13+/m1/s1. The SMILES string of the molecule is C=CCO[C@@H]1CN(c2ncc(F)cn2)[C@@H]2CCCO[C@@H]21. The molecule has 0 saturated carbocycles. The van der Waals surface area contributed by atoms with Crippen LogP contribution in [0.3, 0.4) is 0 Å². The number of fused-ring (bicyclic) bond motifs is 1. The van der Waals surface area contributed by atoms with Crippen LogP contribution in [0, 0.1) is 5.82 Å². The molecule has 6 heteroatoms. The molecule has 5 nitrogen and oxygen atoms in total. The summed E-state index contributed by atoms with van der Waals surface area (Å²) < 4.78 is 24.6. The summed E-state index contributed by atoms with van der Waals surface area (Å²) in [6.07, 6.45) is 6.14. The number of ether oxygens (including phenoxy) is 2. The van der Waals surface area contributed by atoms with Gasteiger partial charge in [0.25, 0.3) is 0 Å². The van der Waals surface area contributed by atoms with Gasteiger partial charge in [0, 0.05) is 6.61 Å². The lowest BCUT2D eigenvalue weighted by Crippen LogP contribution is -2.42. The molecule has 1 aromatic heterocycles. The maximum Gasteiger partial charge on any atom is 0.225 e. The average Bonchev–Trinajstić information content (AvgIpc) is 2.85. The highest BCUT2D eigenvalue weighted by molar-refractivity contribution is 5.35. The van der Waals surface area contributed by atoms with Crippen LogP contribution in [-0.4, -0.2) is 48.0 Å². The molecular weight excluding hydrogens is 261 g/mol. The molecule has 108 valence electrons. The Hall–Kier alpha value is -1.53. The first-order chi connectivity index (χ1) is 9.79. The van der Waals surface area contributed by atoms with Gasteiger partial charge in [-0.15, -0.1) is 6.58 Å². The quantitative estimate of drug-likeness (QED) is 0.783. The smallest absolute Gasteiger partial charge is 0.225 e. The fraction of sp³-hybridized carbons (Fsp3) is 0.571. The van der Waals surface area contributed by atoms with Crippen molar-refractivity contribution in [1.29, 1.82) is 0 Å². The maximum absolute atomic E-state index is 12.9. The van der Waals surface area contributed by atoms with Crippen LogP contribution in [0.15, 0.2) is 25.0 Å². The second-order valence-electron chi connectivity index (χ2n) is 5.06. The summed E-state index contributed by atoms with van der Waals surface area (Å²) in [4.78, 5) is 10.2. The Morgan fingerprint density at radius 2 is 2.30 bits per heavy atom. The molecule has 0 radical (unpaired) electrons. The van der Waals surface area contributed by atoms with Crippen LogP contribution in [0.5, 0.6) is 0 Å². The van der Waals surface area contributed by atoms with Gasteiger partial charge < -0.3 is 14.4 Å². The molecule has 2 aliphatic heterocycles. The monoisotopic (exact) mass is 279 g/mol. The molecule has 0 aliphatic carbocycles. The Kier molecular flexibility index (Phi) is 3.93. The first kappa shape index (κ1) is 13.5. The van der Waals surface area contributed by atoms with Crippen molar-refractivity contribution in [2.45, 2.75) is 31.1 Å². The van der Waals surface area contributed by atoms with Crippen molar-refractivity contribution < 1.29 is 13.9 Å². The lowest BCUT2D eigenvalue weighted by molar-refractivity contribution is -0.0671. The van der Waals surface area contributed by atoms with Crippen molar-refractivity contribution in [2.24, 2.45) is 0 Å². The van der Waals surface area contributed by atoms with Gasteiger partial charge in [0.1, 0.15) is 12.2 Å². The number of halogens is 1. The molecule has 2 fully saturated rings. The van der Waals surface area contributed by atoms with Gasteiger partial charge in [-0.1, -0.05) is 6.08 Å². The van der Waals surface area contributed by atoms with Crippen LogP contribution in [0.25, 0.3) is 0 Å². The number of nitrogens with zero attached hydrogens (tertiary/aromatic N) is 3. The first-order valence-corrected chi connectivity index (χ1v) is 6.88. The third-order valence-corrected chi connectivity index (χ3v) is 3.77. The molecule has 0 spiro atoms. The molecule has 2 saturated heterocycles. The molecule has 3 rings (SSSR count). The van der Waals surface area contributed by atoms with E-state index in [1.807, 2.05) is 0 Å². The van der Waals surface area contributed by atoms with Crippen molar-refractivity contribution in [1.82, 2.24) is 9.97 Å². The van der Waals surface area contributed by atoms with E-state index in [-0.39, 0.29) is 18.2 Å². The summed E-state index contributed by atoms with van der Waals surface area (Å²) >= 11 is 0. The van der Waals surface area contributed by atoms with E-state index in [1.165, 1.54) is 12.4 Å². The molecule has 0 aromatic carbocycles. The van der Waals surface area contributed by atoms with Crippen molar-refractivity contribution in [3.05, 3.63) is 30.9 Å². The summed E-state index contributed by atoms with van der Waals surface area (Å²) in [5.41, 5.74) is 0. The highest BCUT2D eigenvalue weighted by Gasteiger charge is 2.45. The molecule has 0 amide bonds. The Bertz CT molecular complexity index is 468. The highest BCUT2D eigenvalue weighted by atomic mass is 19.1. The van der Waals surface area contributed by atoms with E-state index in [1.54, 1.807) is 6.08 Å². The summed E-state index contributed by atoms with van der Waals surface area (Å²) in [6, 6.07) is 0.198. The molecular formula is C14H18FN3O2. The predicted molar refractivity (Wildman–Crippen MR) is 72.0 cm³/mol. The molecule has 0 unspecified atom stereocenters. The topological polar surface area (TPSA) is 47.5 Å². The largest absolute Gasteiger partial charge is 0.373 e. The third kappa shape index (κ3) is 2.53. The van der Waals surface area contributed by atoms with Gasteiger partial charge in [-0.2, -0.15) is 0 Å². The molecule has 3 heterocycles. The molecule has 2 aliphatic rings. The first-order valence-electron chi connectivity index (χ1n) is 6.88. The number of rotatable bonds is 4. The Labute approximate surface area is 117 Å². The van der Waals surface area contributed by atoms with E-state index >= 15 is 0 Å². The molecule has 1 aromatic rings. The van der Waals surface area contributed by atoms with E-state index in [0.29, 0.717) is 19.1 Å². The molecule has 3 atom stereocenters. The average molecular weight is 279 g/mol. The number of anilines is 1. The fourth-order valence-corrected chi connectivity index (χ4v) is 2.93. The van der Waals surface area contributed by atoms with Gasteiger partial charge in [0.15, 0.2) is 5.82 Å². The van der Waals surface area contributed by atoms with Gasteiger partial charge in [-0.05, 0) is 12.8 Å². The third-order valence-electron chi connectivity index (χ3n) is 3.77. The van der Waals surface area contributed by atoms with Crippen molar-refractivity contribution in [3.63, 3.8) is 0 Å². The van der Waals surface area contributed by atoms with Gasteiger partial charge in [0.05, 0.1) is 31.6 Å². The van der Waals surface area contributed by atoms with Gasteiger partial charge in [-0.25, -0.2) is 14.4 Å².